The number of rotatable bonds is 3. The molecule has 0 saturated heterocycles. The molecule has 1 saturated carbocycles. The van der Waals surface area contributed by atoms with Gasteiger partial charge in [-0.05, 0) is 73.2 Å². The summed E-state index contributed by atoms with van der Waals surface area (Å²) in [5, 5.41) is 5.99. The molecule has 0 radical (unpaired) electrons. The highest BCUT2D eigenvalue weighted by Crippen LogP contribution is 2.45. The Bertz CT molecular complexity index is 1010. The molecule has 2 aromatic rings. The minimum Gasteiger partial charge on any atom is -0.269 e. The van der Waals surface area contributed by atoms with Gasteiger partial charge in [0.25, 0.3) is 5.91 Å². The lowest BCUT2D eigenvalue weighted by atomic mass is 9.77. The van der Waals surface area contributed by atoms with Crippen LogP contribution in [0.25, 0.3) is 6.08 Å². The molecule has 2 aliphatic rings. The summed E-state index contributed by atoms with van der Waals surface area (Å²) < 4.78 is 25.1. The van der Waals surface area contributed by atoms with Crippen LogP contribution in [0.5, 0.6) is 0 Å². The lowest BCUT2D eigenvalue weighted by molar-refractivity contribution is -0.134. The lowest BCUT2D eigenvalue weighted by Gasteiger charge is -2.31. The van der Waals surface area contributed by atoms with Crippen LogP contribution in [0.1, 0.15) is 43.4 Å². The molecule has 0 unspecified atom stereocenters. The van der Waals surface area contributed by atoms with Gasteiger partial charge < -0.3 is 0 Å². The van der Waals surface area contributed by atoms with Crippen LogP contribution >= 0.6 is 23.2 Å². The molecule has 3 nitrogen and oxygen atoms in total. The number of hydrogen-bond acceptors (Lipinski definition) is 2. The van der Waals surface area contributed by atoms with Crippen molar-refractivity contribution in [1.29, 1.82) is 0 Å². The first kappa shape index (κ1) is 21.0. The second-order valence-corrected chi connectivity index (χ2v) is 9.44. The average molecular weight is 449 g/mol. The summed E-state index contributed by atoms with van der Waals surface area (Å²) in [4.78, 5) is 13.0. The Balaban J connectivity index is 1.76. The highest BCUT2D eigenvalue weighted by Gasteiger charge is 2.47. The average Bonchev–Trinajstić information content (AvgIpc) is 3.09. The highest BCUT2D eigenvalue weighted by molar-refractivity contribution is 6.57. The van der Waals surface area contributed by atoms with Crippen LogP contribution in [0.15, 0.2) is 59.2 Å². The third-order valence-corrected chi connectivity index (χ3v) is 5.83. The number of carbonyl (C=O) groups excluding carboxylic acids is 1. The van der Waals surface area contributed by atoms with Crippen molar-refractivity contribution in [2.75, 3.05) is 0 Å². The Kier molecular flexibility index (Phi) is 5.69. The van der Waals surface area contributed by atoms with Gasteiger partial charge in [0.15, 0.2) is 4.33 Å². The third-order valence-electron chi connectivity index (χ3n) is 5.51. The van der Waals surface area contributed by atoms with Gasteiger partial charge in [0.1, 0.15) is 11.6 Å². The van der Waals surface area contributed by atoms with Crippen LogP contribution in [0, 0.1) is 17.6 Å². The van der Waals surface area contributed by atoms with Crippen LogP contribution < -0.4 is 0 Å². The Morgan fingerprint density at radius 3 is 2.30 bits per heavy atom. The molecule has 4 rings (SSSR count). The predicted octanol–water partition coefficient (Wildman–Crippen LogP) is 6.28. The molecule has 2 atom stereocenters. The zero-order valence-electron chi connectivity index (χ0n) is 16.3. The van der Waals surface area contributed by atoms with Crippen molar-refractivity contribution in [3.63, 3.8) is 0 Å². The van der Waals surface area contributed by atoms with Crippen molar-refractivity contribution < 1.29 is 13.6 Å². The SMILES string of the molecule is CC(Cl)(Cl)C(=O)N1N=C2/C(=C\c3ccc(F)cc3)CCC[C@@H]2[C@H]1c1ccc(F)cc1. The minimum atomic E-state index is -1.64. The molecule has 156 valence electrons. The number of carbonyl (C=O) groups is 1. The van der Waals surface area contributed by atoms with Crippen molar-refractivity contribution in [3.05, 3.63) is 76.9 Å². The zero-order chi connectivity index (χ0) is 21.5. The van der Waals surface area contributed by atoms with E-state index in [4.69, 9.17) is 23.2 Å². The number of benzene rings is 2. The van der Waals surface area contributed by atoms with E-state index in [-0.39, 0.29) is 17.6 Å². The van der Waals surface area contributed by atoms with Gasteiger partial charge in [-0.25, -0.2) is 13.8 Å². The quantitative estimate of drug-likeness (QED) is 0.508. The zero-order valence-corrected chi connectivity index (χ0v) is 17.8. The van der Waals surface area contributed by atoms with Crippen LogP contribution in [0.2, 0.25) is 0 Å². The van der Waals surface area contributed by atoms with Crippen molar-refractivity contribution in [2.45, 2.75) is 36.6 Å². The number of nitrogens with zero attached hydrogens (tertiary/aromatic N) is 2. The topological polar surface area (TPSA) is 32.7 Å². The smallest absolute Gasteiger partial charge is 0.269 e. The summed E-state index contributed by atoms with van der Waals surface area (Å²) in [6.45, 7) is 1.41. The normalized spacial score (nSPS) is 22.8. The highest BCUT2D eigenvalue weighted by atomic mass is 35.5. The first-order valence-corrected chi connectivity index (χ1v) is 10.5. The van der Waals surface area contributed by atoms with Gasteiger partial charge in [0.2, 0.25) is 0 Å². The molecule has 1 heterocycles. The van der Waals surface area contributed by atoms with Gasteiger partial charge in [0, 0.05) is 5.92 Å². The molecule has 0 N–H and O–H groups in total. The second kappa shape index (κ2) is 8.12. The molecule has 30 heavy (non-hydrogen) atoms. The first-order valence-electron chi connectivity index (χ1n) is 9.76. The van der Waals surface area contributed by atoms with E-state index < -0.39 is 16.3 Å². The molecular weight excluding hydrogens is 429 g/mol. The Morgan fingerprint density at radius 2 is 1.70 bits per heavy atom. The maximum absolute atomic E-state index is 13.5. The van der Waals surface area contributed by atoms with E-state index in [0.29, 0.717) is 0 Å². The van der Waals surface area contributed by atoms with Crippen molar-refractivity contribution in [3.8, 4) is 0 Å². The lowest BCUT2D eigenvalue weighted by Crippen LogP contribution is -2.39. The molecule has 1 aliphatic carbocycles. The van der Waals surface area contributed by atoms with E-state index in [9.17, 15) is 13.6 Å². The third kappa shape index (κ3) is 4.14. The number of allylic oxidation sites excluding steroid dienone is 1. The van der Waals surface area contributed by atoms with Gasteiger partial charge >= 0.3 is 0 Å². The predicted molar refractivity (Wildman–Crippen MR) is 115 cm³/mol. The van der Waals surface area contributed by atoms with Gasteiger partial charge in [-0.3, -0.25) is 4.79 Å². The fourth-order valence-electron chi connectivity index (χ4n) is 4.12. The number of alkyl halides is 2. The van der Waals surface area contributed by atoms with Crippen molar-refractivity contribution >= 4 is 40.9 Å². The van der Waals surface area contributed by atoms with Gasteiger partial charge in [0.05, 0.1) is 11.8 Å². The van der Waals surface area contributed by atoms with E-state index in [2.05, 4.69) is 5.10 Å². The molecule has 7 heteroatoms. The van der Waals surface area contributed by atoms with Crippen LogP contribution in [-0.4, -0.2) is 21.0 Å². The molecule has 0 aromatic heterocycles. The van der Waals surface area contributed by atoms with E-state index >= 15 is 0 Å². The van der Waals surface area contributed by atoms with Crippen molar-refractivity contribution in [1.82, 2.24) is 5.01 Å². The van der Waals surface area contributed by atoms with Gasteiger partial charge in [-0.15, -0.1) is 0 Å². The number of halogens is 4. The molecule has 0 bridgehead atoms. The Morgan fingerprint density at radius 1 is 1.10 bits per heavy atom. The molecule has 1 aliphatic heterocycles. The summed E-state index contributed by atoms with van der Waals surface area (Å²) in [6, 6.07) is 11.9. The molecule has 1 amide bonds. The van der Waals surface area contributed by atoms with Crippen LogP contribution in [-0.2, 0) is 4.79 Å². The molecule has 1 fully saturated rings. The first-order chi connectivity index (χ1) is 14.2. The Hall–Kier alpha value is -2.24. The van der Waals surface area contributed by atoms with E-state index in [1.807, 2.05) is 6.08 Å². The number of amides is 1. The molecule has 2 aromatic carbocycles. The molecular formula is C23H20Cl2F2N2O. The summed E-state index contributed by atoms with van der Waals surface area (Å²) in [5.41, 5.74) is 3.42. The van der Waals surface area contributed by atoms with E-state index in [1.165, 1.54) is 36.2 Å². The maximum Gasteiger partial charge on any atom is 0.279 e. The Labute approximate surface area is 184 Å². The fourth-order valence-corrected chi connectivity index (χ4v) is 4.30. The largest absolute Gasteiger partial charge is 0.279 e. The van der Waals surface area contributed by atoms with Gasteiger partial charge in [-0.2, -0.15) is 5.10 Å². The number of fused-ring (bicyclic) bond motifs is 1. The number of hydrazone groups is 1. The fraction of sp³-hybridized carbons (Fsp3) is 0.304. The van der Waals surface area contributed by atoms with Crippen LogP contribution in [0.4, 0.5) is 8.78 Å². The summed E-state index contributed by atoms with van der Waals surface area (Å²) >= 11 is 12.2. The summed E-state index contributed by atoms with van der Waals surface area (Å²) in [6.07, 6.45) is 4.51. The van der Waals surface area contributed by atoms with E-state index in [1.54, 1.807) is 24.3 Å². The van der Waals surface area contributed by atoms with Gasteiger partial charge in [-0.1, -0.05) is 47.5 Å². The number of hydrogen-bond donors (Lipinski definition) is 0. The second-order valence-electron chi connectivity index (χ2n) is 7.74. The van der Waals surface area contributed by atoms with Crippen molar-refractivity contribution in [2.24, 2.45) is 11.0 Å². The monoisotopic (exact) mass is 448 g/mol. The molecule has 0 spiro atoms. The standard InChI is InChI=1S/C23H20Cl2F2N2O/c1-23(24,25)22(30)29-21(15-7-11-18(27)12-8-15)19-4-2-3-16(20(19)28-29)13-14-5-9-17(26)10-6-14/h5-13,19,21H,2-4H2,1H3/b16-13-/t19-,21+/m0/s1. The summed E-state index contributed by atoms with van der Waals surface area (Å²) in [7, 11) is 0. The van der Waals surface area contributed by atoms with Crippen LogP contribution in [0.3, 0.4) is 0 Å². The van der Waals surface area contributed by atoms with E-state index in [0.717, 1.165) is 41.7 Å². The maximum atomic E-state index is 13.5. The minimum absolute atomic E-state index is 0.0597. The summed E-state index contributed by atoms with van der Waals surface area (Å²) in [5.74, 6) is -1.23.